The van der Waals surface area contributed by atoms with E-state index in [1.54, 1.807) is 9.03 Å². The second kappa shape index (κ2) is 20.3. The number of hydrogen-bond acceptors (Lipinski definition) is 10. The van der Waals surface area contributed by atoms with E-state index >= 15 is 0 Å². The van der Waals surface area contributed by atoms with Crippen LogP contribution in [0.1, 0.15) is 177 Å². The molecule has 3 aliphatic carbocycles. The Labute approximate surface area is 432 Å². The van der Waals surface area contributed by atoms with Crippen molar-refractivity contribution in [2.24, 2.45) is 23.5 Å². The zero-order chi connectivity index (χ0) is 53.6. The lowest BCUT2D eigenvalue weighted by Gasteiger charge is -2.31. The highest BCUT2D eigenvalue weighted by atomic mass is 19.4. The highest BCUT2D eigenvalue weighted by Crippen LogP contribution is 2.46. The lowest BCUT2D eigenvalue weighted by molar-refractivity contribution is -0.718. The topological polar surface area (TPSA) is 161 Å². The van der Waals surface area contributed by atoms with E-state index in [1.807, 2.05) is 66.3 Å². The number of hydrogen-bond donors (Lipinski definition) is 4. The van der Waals surface area contributed by atoms with Crippen LogP contribution in [-0.2, 0) is 9.47 Å². The van der Waals surface area contributed by atoms with Crippen LogP contribution in [0.25, 0.3) is 16.9 Å². The van der Waals surface area contributed by atoms with Crippen molar-refractivity contribution in [3.05, 3.63) is 87.6 Å². The highest BCUT2D eigenvalue weighted by molar-refractivity contribution is 5.44. The van der Waals surface area contributed by atoms with Crippen molar-refractivity contribution in [3.63, 3.8) is 0 Å². The summed E-state index contributed by atoms with van der Waals surface area (Å²) in [6.07, 6.45) is -13.3. The molecule has 6 aromatic heterocycles. The fraction of sp³-hybridized carbons (Fsp3) is 0.654. The molecule has 5 aliphatic rings. The Morgan fingerprint density at radius 3 is 1.42 bits per heavy atom. The van der Waals surface area contributed by atoms with Crippen LogP contribution in [0.3, 0.4) is 0 Å². The van der Waals surface area contributed by atoms with Gasteiger partial charge in [-0.05, 0) is 104 Å². The number of aromatic nitrogens is 9. The second-order valence-electron chi connectivity index (χ2n) is 22.0. The Bertz CT molecular complexity index is 3060. The first-order chi connectivity index (χ1) is 36.1. The van der Waals surface area contributed by atoms with E-state index in [9.17, 15) is 44.6 Å². The van der Waals surface area contributed by atoms with Gasteiger partial charge in [-0.3, -0.25) is 10.6 Å². The van der Waals surface area contributed by atoms with Gasteiger partial charge in [0.15, 0.2) is 29.4 Å². The number of ether oxygens (including phenoxy) is 2. The summed E-state index contributed by atoms with van der Waals surface area (Å²) in [4.78, 5) is 4.70. The number of aryl methyl sites for hydroxylation is 3. The maximum atomic E-state index is 13.8. The monoisotopic (exact) mass is 1080 g/mol. The fourth-order valence-electron chi connectivity index (χ4n) is 12.9. The number of rotatable bonds is 9. The highest BCUT2D eigenvalue weighted by Gasteiger charge is 2.46. The van der Waals surface area contributed by atoms with E-state index in [2.05, 4.69) is 15.2 Å². The lowest BCUT2D eigenvalue weighted by atomic mass is 9.80. The van der Waals surface area contributed by atoms with Crippen molar-refractivity contribution < 1.29 is 63.2 Å². The van der Waals surface area contributed by atoms with Crippen LogP contribution in [-0.4, -0.2) is 90.3 Å². The molecule has 3 saturated carbocycles. The van der Waals surface area contributed by atoms with Gasteiger partial charge in [-0.15, -0.1) is 0 Å². The van der Waals surface area contributed by atoms with Gasteiger partial charge in [0.1, 0.15) is 42.9 Å². The molecule has 0 radical (unpaired) electrons. The third-order valence-electron chi connectivity index (χ3n) is 17.1. The van der Waals surface area contributed by atoms with Gasteiger partial charge in [0.2, 0.25) is 0 Å². The summed E-state index contributed by atoms with van der Waals surface area (Å²) in [6, 6.07) is 11.4. The molecule has 2 aliphatic heterocycles. The van der Waals surface area contributed by atoms with Crippen LogP contribution < -0.4 is 25.5 Å². The number of fused-ring (bicyclic) bond motifs is 3. The number of aliphatic hydroxyl groups is 1. The molecule has 15 nitrogen and oxygen atoms in total. The van der Waals surface area contributed by atoms with E-state index in [0.29, 0.717) is 91.3 Å². The summed E-state index contributed by atoms with van der Waals surface area (Å²) in [5, 5.41) is 33.2. The van der Waals surface area contributed by atoms with Crippen LogP contribution >= 0.6 is 0 Å². The number of nitrogens with zero attached hydrogens (tertiary/aromatic N) is 9. The summed E-state index contributed by atoms with van der Waals surface area (Å²) in [7, 11) is 0. The van der Waals surface area contributed by atoms with Gasteiger partial charge in [0.05, 0.1) is 52.7 Å². The van der Waals surface area contributed by atoms with E-state index < -0.39 is 66.9 Å². The van der Waals surface area contributed by atoms with Crippen molar-refractivity contribution in [2.45, 2.75) is 165 Å². The average Bonchev–Trinajstić information content (AvgIpc) is 4.19. The van der Waals surface area contributed by atoms with Crippen LogP contribution in [0, 0.1) is 38.5 Å². The first kappa shape index (κ1) is 53.0. The zero-order valence-electron chi connectivity index (χ0n) is 42.6. The third kappa shape index (κ3) is 10.2. The molecule has 5 N–H and O–H groups in total. The summed E-state index contributed by atoms with van der Waals surface area (Å²) in [6.45, 7) is 6.74. The van der Waals surface area contributed by atoms with Crippen LogP contribution in [0.4, 0.5) is 39.5 Å². The SMILES string of the molecule is Cc1cc([C@H]2CN[C@@H]([n+]3c(C)cc([C@@H]4CN[C@@H]([n+]5c(C)cc([C@@H](O)CN)n6nc(C7CCC(C(F)(F)F)CC7)cc65)CO4)n4nc(C5CCC(C(F)(F)F)CC5)cc43)CO2)n2nc(C3CCC(C(F)(F)F)CC3)cc2n1. The van der Waals surface area contributed by atoms with Gasteiger partial charge >= 0.3 is 29.8 Å². The molecule has 0 bridgehead atoms. The number of nitrogens with one attached hydrogen (secondary N) is 2. The molecule has 5 atom stereocenters. The minimum absolute atomic E-state index is 0.0113. The largest absolute Gasteiger partial charge is 0.391 e. The van der Waals surface area contributed by atoms with Crippen molar-refractivity contribution in [1.29, 1.82) is 0 Å². The van der Waals surface area contributed by atoms with Crippen LogP contribution in [0.15, 0.2) is 36.4 Å². The standard InChI is InChI=1S/C52H65F9N12O3/c1-27-16-40(71-45(65-27)19-36(66-71)30-4-10-33(11-5-30)50(53,54)55)43-23-63-47(25-75-43)70-29(3)18-41(73-49(70)21-38(68-73)32-8-14-35(15-9-32)52(59,60)61)44-24-64-46(26-76-44)69-28(2)17-39(42(74)22-62)72-48(69)20-37(67-72)31-6-12-34(13-7-31)51(56,57)58/h16-21,30-35,42-44,46-47,63-64,74H,4-15,22-26,62H2,1-3H3/q+2/t30?,31?,32?,33?,34?,35?,42-,43+,44-,46-,47-/m0/s1. The quantitative estimate of drug-likeness (QED) is 0.0815. The number of nitrogens with two attached hydrogens (primary N) is 1. The van der Waals surface area contributed by atoms with E-state index in [-0.39, 0.29) is 76.0 Å². The van der Waals surface area contributed by atoms with Crippen LogP contribution in [0.2, 0.25) is 0 Å². The summed E-state index contributed by atoms with van der Waals surface area (Å²) < 4.78 is 145. The molecule has 0 aromatic carbocycles. The molecule has 0 amide bonds. The predicted octanol–water partition coefficient (Wildman–Crippen LogP) is 8.74. The van der Waals surface area contributed by atoms with Gasteiger partial charge in [0, 0.05) is 61.3 Å². The molecule has 2 saturated heterocycles. The fourth-order valence-corrected chi connectivity index (χ4v) is 12.9. The van der Waals surface area contributed by atoms with Gasteiger partial charge in [-0.25, -0.2) is 18.6 Å². The van der Waals surface area contributed by atoms with Crippen molar-refractivity contribution in [1.82, 2.24) is 44.5 Å². The Morgan fingerprint density at radius 1 is 0.579 bits per heavy atom. The Kier molecular flexibility index (Phi) is 14.2. The smallest absolute Gasteiger partial charge is 0.383 e. The van der Waals surface area contributed by atoms with Gasteiger partial charge in [-0.2, -0.15) is 44.6 Å². The predicted molar refractivity (Wildman–Crippen MR) is 256 cm³/mol. The molecule has 24 heteroatoms. The first-order valence-corrected chi connectivity index (χ1v) is 26.7. The molecule has 412 valence electrons. The van der Waals surface area contributed by atoms with E-state index in [0.717, 1.165) is 28.5 Å². The lowest BCUT2D eigenvalue weighted by Crippen LogP contribution is -2.57. The molecule has 5 fully saturated rings. The van der Waals surface area contributed by atoms with Crippen molar-refractivity contribution in [2.75, 3.05) is 32.8 Å². The minimum atomic E-state index is -4.26. The third-order valence-corrected chi connectivity index (χ3v) is 17.1. The number of aliphatic hydroxyl groups excluding tert-OH is 1. The second-order valence-corrected chi connectivity index (χ2v) is 22.0. The maximum absolute atomic E-state index is 13.8. The van der Waals surface area contributed by atoms with Crippen molar-refractivity contribution in [3.8, 4) is 0 Å². The Balaban J connectivity index is 0.858. The van der Waals surface area contributed by atoms with Crippen molar-refractivity contribution >= 4 is 16.9 Å². The normalized spacial score (nSPS) is 28.9. The number of alkyl halides is 9. The van der Waals surface area contributed by atoms with Gasteiger partial charge in [-0.1, -0.05) is 19.2 Å². The number of halogens is 9. The number of morpholine rings is 2. The molecule has 0 unspecified atom stereocenters. The minimum Gasteiger partial charge on any atom is -0.383 e. The van der Waals surface area contributed by atoms with E-state index in [1.165, 1.54) is 0 Å². The molecular formula is C52H65F9N12O3+2. The summed E-state index contributed by atoms with van der Waals surface area (Å²) in [5.74, 6) is -4.51. The first-order valence-electron chi connectivity index (χ1n) is 26.7. The molecule has 0 spiro atoms. The van der Waals surface area contributed by atoms with Gasteiger partial charge in [0.25, 0.3) is 0 Å². The van der Waals surface area contributed by atoms with Gasteiger partial charge < -0.3 is 20.3 Å². The molecular weight excluding hydrogens is 1010 g/mol. The summed E-state index contributed by atoms with van der Waals surface area (Å²) >= 11 is 0. The molecule has 11 rings (SSSR count). The zero-order valence-corrected chi connectivity index (χ0v) is 42.6. The molecule has 76 heavy (non-hydrogen) atoms. The average molecular weight is 1080 g/mol. The Hall–Kier alpha value is -5.01. The molecule has 8 heterocycles. The van der Waals surface area contributed by atoms with Crippen LogP contribution in [0.5, 0.6) is 0 Å². The maximum Gasteiger partial charge on any atom is 0.391 e. The van der Waals surface area contributed by atoms with E-state index in [4.69, 9.17) is 35.5 Å². The molecule has 6 aromatic rings. The summed E-state index contributed by atoms with van der Waals surface area (Å²) in [5.41, 5.74) is 14.2. The Morgan fingerprint density at radius 2 is 0.987 bits per heavy atom.